The van der Waals surface area contributed by atoms with E-state index in [1.807, 2.05) is 6.26 Å². The maximum atomic E-state index is 5.67. The third kappa shape index (κ3) is 3.15. The highest BCUT2D eigenvalue weighted by Gasteiger charge is 2.29. The smallest absolute Gasteiger partial charge is 0.118 e. The molecule has 0 bridgehead atoms. The van der Waals surface area contributed by atoms with Crippen LogP contribution in [0.3, 0.4) is 0 Å². The van der Waals surface area contributed by atoms with Crippen molar-refractivity contribution in [3.8, 4) is 0 Å². The topological polar surface area (TPSA) is 28.4 Å². The first-order chi connectivity index (χ1) is 8.61. The Morgan fingerprint density at radius 2 is 2.28 bits per heavy atom. The summed E-state index contributed by atoms with van der Waals surface area (Å²) >= 11 is 0. The van der Waals surface area contributed by atoms with Crippen LogP contribution in [0.5, 0.6) is 0 Å². The Kier molecular flexibility index (Phi) is 3.20. The minimum Gasteiger partial charge on any atom is -0.468 e. The molecule has 1 aliphatic heterocycles. The van der Waals surface area contributed by atoms with Crippen LogP contribution in [-0.2, 0) is 13.1 Å². The summed E-state index contributed by atoms with van der Waals surface area (Å²) < 4.78 is 5.67. The first kappa shape index (κ1) is 12.2. The number of nitrogens with zero attached hydrogens (tertiary/aromatic N) is 1. The highest BCUT2D eigenvalue weighted by Crippen LogP contribution is 2.30. The lowest BCUT2D eigenvalue weighted by Gasteiger charge is -2.18. The normalized spacial score (nSPS) is 23.7. The molecule has 0 aromatic carbocycles. The summed E-state index contributed by atoms with van der Waals surface area (Å²) in [6.45, 7) is 9.00. The molecule has 3 heteroatoms. The maximum Gasteiger partial charge on any atom is 0.118 e. The van der Waals surface area contributed by atoms with Gasteiger partial charge >= 0.3 is 0 Å². The molecule has 0 atom stereocenters. The Balaban J connectivity index is 1.50. The van der Waals surface area contributed by atoms with Gasteiger partial charge in [0.2, 0.25) is 0 Å². The fourth-order valence-electron chi connectivity index (χ4n) is 2.73. The molecule has 18 heavy (non-hydrogen) atoms. The first-order valence-corrected chi connectivity index (χ1v) is 7.13. The fourth-order valence-corrected chi connectivity index (χ4v) is 2.73. The number of likely N-dealkylation sites (tertiary alicyclic amines) is 1. The molecular formula is C15H24N2O. The van der Waals surface area contributed by atoms with Gasteiger partial charge in [-0.05, 0) is 37.3 Å². The van der Waals surface area contributed by atoms with E-state index in [-0.39, 0.29) is 0 Å². The lowest BCUT2D eigenvalue weighted by molar-refractivity contribution is 0.263. The second-order valence-electron chi connectivity index (χ2n) is 6.70. The van der Waals surface area contributed by atoms with E-state index in [4.69, 9.17) is 4.42 Å². The molecule has 2 fully saturated rings. The van der Waals surface area contributed by atoms with Crippen LogP contribution in [0.1, 0.15) is 44.4 Å². The van der Waals surface area contributed by atoms with Gasteiger partial charge in [-0.15, -0.1) is 0 Å². The Labute approximate surface area is 110 Å². The molecular weight excluding hydrogens is 224 g/mol. The molecule has 3 nitrogen and oxygen atoms in total. The molecule has 3 rings (SSSR count). The number of hydrogen-bond acceptors (Lipinski definition) is 3. The van der Waals surface area contributed by atoms with Crippen molar-refractivity contribution in [3.63, 3.8) is 0 Å². The van der Waals surface area contributed by atoms with E-state index in [9.17, 15) is 0 Å². The molecule has 2 aliphatic rings. The standard InChI is InChI=1S/C15H24N2O/c1-15(2)5-6-17(11-15)9-14-7-12(10-18-14)8-16-13-3-4-13/h7,10,13,16H,3-6,8-9,11H2,1-2H3. The van der Waals surface area contributed by atoms with E-state index < -0.39 is 0 Å². The average Bonchev–Trinajstić information content (AvgIpc) is 2.94. The Morgan fingerprint density at radius 3 is 2.94 bits per heavy atom. The summed E-state index contributed by atoms with van der Waals surface area (Å²) in [5.41, 5.74) is 1.76. The van der Waals surface area contributed by atoms with Crippen molar-refractivity contribution < 1.29 is 4.42 Å². The Hall–Kier alpha value is -0.800. The number of hydrogen-bond donors (Lipinski definition) is 1. The summed E-state index contributed by atoms with van der Waals surface area (Å²) in [4.78, 5) is 2.50. The summed E-state index contributed by atoms with van der Waals surface area (Å²) in [5, 5.41) is 3.52. The zero-order chi connectivity index (χ0) is 12.6. The average molecular weight is 248 g/mol. The van der Waals surface area contributed by atoms with E-state index in [2.05, 4.69) is 30.1 Å². The summed E-state index contributed by atoms with van der Waals surface area (Å²) in [6, 6.07) is 2.98. The van der Waals surface area contributed by atoms with Crippen LogP contribution < -0.4 is 5.32 Å². The van der Waals surface area contributed by atoms with Gasteiger partial charge in [-0.25, -0.2) is 0 Å². The van der Waals surface area contributed by atoms with Gasteiger partial charge in [-0.2, -0.15) is 0 Å². The molecule has 0 amide bonds. The van der Waals surface area contributed by atoms with E-state index in [1.54, 1.807) is 0 Å². The minimum atomic E-state index is 0.475. The predicted molar refractivity (Wildman–Crippen MR) is 72.2 cm³/mol. The van der Waals surface area contributed by atoms with E-state index in [0.29, 0.717) is 5.41 Å². The lowest BCUT2D eigenvalue weighted by atomic mass is 9.93. The molecule has 1 aromatic rings. The van der Waals surface area contributed by atoms with Crippen LogP contribution in [0.25, 0.3) is 0 Å². The summed E-state index contributed by atoms with van der Waals surface area (Å²) in [7, 11) is 0. The van der Waals surface area contributed by atoms with Gasteiger partial charge in [0.25, 0.3) is 0 Å². The molecule has 1 saturated carbocycles. The van der Waals surface area contributed by atoms with E-state index in [1.165, 1.54) is 37.9 Å². The highest BCUT2D eigenvalue weighted by molar-refractivity contribution is 5.13. The van der Waals surface area contributed by atoms with Crippen LogP contribution in [0.4, 0.5) is 0 Å². The van der Waals surface area contributed by atoms with Crippen LogP contribution in [0.2, 0.25) is 0 Å². The van der Waals surface area contributed by atoms with Crippen LogP contribution in [-0.4, -0.2) is 24.0 Å². The molecule has 100 valence electrons. The van der Waals surface area contributed by atoms with Crippen molar-refractivity contribution in [2.24, 2.45) is 5.41 Å². The third-order valence-corrected chi connectivity index (χ3v) is 4.02. The molecule has 1 aliphatic carbocycles. The Morgan fingerprint density at radius 1 is 1.44 bits per heavy atom. The quantitative estimate of drug-likeness (QED) is 0.868. The molecule has 1 aromatic heterocycles. The number of rotatable bonds is 5. The van der Waals surface area contributed by atoms with E-state index in [0.717, 1.165) is 24.9 Å². The molecule has 0 radical (unpaired) electrons. The number of nitrogens with one attached hydrogen (secondary N) is 1. The molecule has 1 N–H and O–H groups in total. The maximum absolute atomic E-state index is 5.67. The van der Waals surface area contributed by atoms with Crippen LogP contribution in [0, 0.1) is 5.41 Å². The largest absolute Gasteiger partial charge is 0.468 e. The third-order valence-electron chi connectivity index (χ3n) is 4.02. The molecule has 2 heterocycles. The van der Waals surface area contributed by atoms with Gasteiger partial charge in [0, 0.05) is 24.7 Å². The van der Waals surface area contributed by atoms with Gasteiger partial charge in [-0.3, -0.25) is 4.90 Å². The van der Waals surface area contributed by atoms with Gasteiger partial charge in [0.15, 0.2) is 0 Å². The highest BCUT2D eigenvalue weighted by atomic mass is 16.3. The minimum absolute atomic E-state index is 0.475. The summed E-state index contributed by atoms with van der Waals surface area (Å²) in [5.74, 6) is 1.11. The van der Waals surface area contributed by atoms with Crippen molar-refractivity contribution in [2.75, 3.05) is 13.1 Å². The zero-order valence-corrected chi connectivity index (χ0v) is 11.5. The second-order valence-corrected chi connectivity index (χ2v) is 6.70. The van der Waals surface area contributed by atoms with E-state index >= 15 is 0 Å². The Bertz CT molecular complexity index is 406. The molecule has 0 spiro atoms. The first-order valence-electron chi connectivity index (χ1n) is 7.13. The monoisotopic (exact) mass is 248 g/mol. The van der Waals surface area contributed by atoms with Crippen molar-refractivity contribution in [2.45, 2.75) is 52.2 Å². The summed E-state index contributed by atoms with van der Waals surface area (Å²) in [6.07, 6.45) is 5.89. The van der Waals surface area contributed by atoms with Gasteiger partial charge in [0.1, 0.15) is 5.76 Å². The molecule has 1 saturated heterocycles. The number of furan rings is 1. The van der Waals surface area contributed by atoms with Crippen molar-refractivity contribution in [1.29, 1.82) is 0 Å². The van der Waals surface area contributed by atoms with Crippen molar-refractivity contribution in [1.82, 2.24) is 10.2 Å². The SMILES string of the molecule is CC1(C)CCN(Cc2cc(CNC3CC3)co2)C1. The van der Waals surface area contributed by atoms with Gasteiger partial charge in [-0.1, -0.05) is 13.8 Å². The van der Waals surface area contributed by atoms with Crippen LogP contribution in [0.15, 0.2) is 16.7 Å². The fraction of sp³-hybridized carbons (Fsp3) is 0.733. The van der Waals surface area contributed by atoms with Gasteiger partial charge < -0.3 is 9.73 Å². The van der Waals surface area contributed by atoms with Crippen molar-refractivity contribution >= 4 is 0 Å². The zero-order valence-electron chi connectivity index (χ0n) is 11.5. The predicted octanol–water partition coefficient (Wildman–Crippen LogP) is 2.76. The van der Waals surface area contributed by atoms with Crippen LogP contribution >= 0.6 is 0 Å². The van der Waals surface area contributed by atoms with Gasteiger partial charge in [0.05, 0.1) is 12.8 Å². The second kappa shape index (κ2) is 4.71. The van der Waals surface area contributed by atoms with Crippen molar-refractivity contribution in [3.05, 3.63) is 23.7 Å². The molecule has 0 unspecified atom stereocenters. The lowest BCUT2D eigenvalue weighted by Crippen LogP contribution is -2.22.